The van der Waals surface area contributed by atoms with Crippen LogP contribution in [0, 0.1) is 0 Å². The Kier molecular flexibility index (Phi) is 7.11. The first-order valence-electron chi connectivity index (χ1n) is 10.1. The molecule has 7 heteroatoms. The number of fused-ring (bicyclic) bond motifs is 1. The fourth-order valence-electron chi connectivity index (χ4n) is 3.37. The van der Waals surface area contributed by atoms with Gasteiger partial charge in [0.15, 0.2) is 6.61 Å². The number of carbonyl (C=O) groups is 1. The second kappa shape index (κ2) is 9.76. The Morgan fingerprint density at radius 1 is 1.20 bits per heavy atom. The normalized spacial score (nSPS) is 12.0. The number of hydrogen-bond acceptors (Lipinski definition) is 4. The molecule has 0 spiro atoms. The van der Waals surface area contributed by atoms with Crippen LogP contribution in [0.4, 0.5) is 0 Å². The Morgan fingerprint density at radius 3 is 2.60 bits per heavy atom. The molecule has 1 aromatic heterocycles. The van der Waals surface area contributed by atoms with Gasteiger partial charge < -0.3 is 9.64 Å². The molecule has 30 heavy (non-hydrogen) atoms. The van der Waals surface area contributed by atoms with Crippen LogP contribution in [0.25, 0.3) is 10.9 Å². The van der Waals surface area contributed by atoms with Gasteiger partial charge in [-0.2, -0.15) is 0 Å². The molecule has 1 atom stereocenters. The summed E-state index contributed by atoms with van der Waals surface area (Å²) < 4.78 is 7.18. The summed E-state index contributed by atoms with van der Waals surface area (Å²) in [7, 11) is 1.69. The highest BCUT2D eigenvalue weighted by atomic mass is 35.5. The molecule has 2 aromatic carbocycles. The number of nitrogens with zero attached hydrogens (tertiary/aromatic N) is 3. The maximum Gasteiger partial charge on any atom is 0.261 e. The van der Waals surface area contributed by atoms with Gasteiger partial charge in [0.05, 0.1) is 16.9 Å². The first-order valence-corrected chi connectivity index (χ1v) is 10.4. The van der Waals surface area contributed by atoms with Crippen molar-refractivity contribution >= 4 is 28.4 Å². The predicted octanol–water partition coefficient (Wildman–Crippen LogP) is 4.36. The third kappa shape index (κ3) is 4.82. The number of hydrogen-bond donors (Lipinski definition) is 0. The van der Waals surface area contributed by atoms with Gasteiger partial charge in [-0.25, -0.2) is 4.98 Å². The van der Waals surface area contributed by atoms with Crippen LogP contribution in [-0.2, 0) is 11.8 Å². The number of unbranched alkanes of at least 4 members (excludes halogenated alkanes) is 1. The molecule has 3 aromatic rings. The van der Waals surface area contributed by atoms with Gasteiger partial charge in [-0.3, -0.25) is 14.2 Å². The fourth-order valence-corrected chi connectivity index (χ4v) is 3.50. The van der Waals surface area contributed by atoms with Gasteiger partial charge in [0.1, 0.15) is 11.6 Å². The number of aromatic nitrogens is 2. The minimum atomic E-state index is -0.375. The molecule has 158 valence electrons. The van der Waals surface area contributed by atoms with Crippen LogP contribution in [0.5, 0.6) is 5.75 Å². The van der Waals surface area contributed by atoms with E-state index in [-0.39, 0.29) is 24.1 Å². The smallest absolute Gasteiger partial charge is 0.261 e. The first-order chi connectivity index (χ1) is 14.4. The minimum absolute atomic E-state index is 0.1000. The van der Waals surface area contributed by atoms with Crippen molar-refractivity contribution in [1.82, 2.24) is 14.5 Å². The molecule has 1 unspecified atom stereocenters. The quantitative estimate of drug-likeness (QED) is 0.536. The molecular formula is C23H26ClN3O3. The summed E-state index contributed by atoms with van der Waals surface area (Å²) in [6, 6.07) is 13.8. The molecule has 1 amide bonds. The lowest BCUT2D eigenvalue weighted by molar-refractivity contribution is -0.135. The molecular weight excluding hydrogens is 402 g/mol. The zero-order valence-electron chi connectivity index (χ0n) is 17.5. The summed E-state index contributed by atoms with van der Waals surface area (Å²) >= 11 is 5.89. The zero-order chi connectivity index (χ0) is 21.7. The topological polar surface area (TPSA) is 64.4 Å². The molecule has 0 N–H and O–H groups in total. The standard InChI is InChI=1S/C23H26ClN3O3/c1-4-5-14-27(21(28)15-30-18-12-10-17(24)11-13-18)16(2)22-25-20-9-7-6-8-19(20)23(29)26(22)3/h6-13,16H,4-5,14-15H2,1-3H3. The van der Waals surface area contributed by atoms with Crippen LogP contribution in [0.1, 0.15) is 38.6 Å². The summed E-state index contributed by atoms with van der Waals surface area (Å²) in [5.41, 5.74) is 0.505. The molecule has 6 nitrogen and oxygen atoms in total. The van der Waals surface area contributed by atoms with Crippen molar-refractivity contribution in [3.63, 3.8) is 0 Å². The van der Waals surface area contributed by atoms with E-state index >= 15 is 0 Å². The van der Waals surface area contributed by atoms with E-state index in [1.165, 1.54) is 4.57 Å². The third-order valence-electron chi connectivity index (χ3n) is 5.11. The molecule has 0 saturated carbocycles. The summed E-state index contributed by atoms with van der Waals surface area (Å²) in [6.45, 7) is 4.42. The van der Waals surface area contributed by atoms with Crippen LogP contribution < -0.4 is 10.3 Å². The number of amides is 1. The number of benzene rings is 2. The molecule has 0 bridgehead atoms. The Labute approximate surface area is 181 Å². The van der Waals surface area contributed by atoms with Gasteiger partial charge in [-0.15, -0.1) is 0 Å². The van der Waals surface area contributed by atoms with Crippen LogP contribution in [0.3, 0.4) is 0 Å². The van der Waals surface area contributed by atoms with E-state index in [1.54, 1.807) is 42.3 Å². The second-order valence-corrected chi connectivity index (χ2v) is 7.65. The average Bonchev–Trinajstić information content (AvgIpc) is 2.76. The Morgan fingerprint density at radius 2 is 1.90 bits per heavy atom. The first kappa shape index (κ1) is 21.8. The zero-order valence-corrected chi connectivity index (χ0v) is 18.2. The van der Waals surface area contributed by atoms with Crippen molar-refractivity contribution in [3.8, 4) is 5.75 Å². The van der Waals surface area contributed by atoms with E-state index in [0.29, 0.717) is 34.0 Å². The average molecular weight is 428 g/mol. The monoisotopic (exact) mass is 427 g/mol. The van der Waals surface area contributed by atoms with E-state index in [2.05, 4.69) is 11.9 Å². The fraction of sp³-hybridized carbons (Fsp3) is 0.348. The van der Waals surface area contributed by atoms with Crippen molar-refractivity contribution in [1.29, 1.82) is 0 Å². The predicted molar refractivity (Wildman–Crippen MR) is 119 cm³/mol. The molecule has 0 radical (unpaired) electrons. The van der Waals surface area contributed by atoms with Gasteiger partial charge in [0.2, 0.25) is 0 Å². The van der Waals surface area contributed by atoms with Crippen molar-refractivity contribution in [3.05, 3.63) is 69.7 Å². The molecule has 3 rings (SSSR count). The largest absolute Gasteiger partial charge is 0.484 e. The lowest BCUT2D eigenvalue weighted by Gasteiger charge is -2.30. The molecule has 0 aliphatic rings. The highest BCUT2D eigenvalue weighted by molar-refractivity contribution is 6.30. The maximum atomic E-state index is 13.0. The van der Waals surface area contributed by atoms with Crippen LogP contribution >= 0.6 is 11.6 Å². The summed E-state index contributed by atoms with van der Waals surface area (Å²) in [6.07, 6.45) is 1.79. The van der Waals surface area contributed by atoms with E-state index in [9.17, 15) is 9.59 Å². The van der Waals surface area contributed by atoms with E-state index in [4.69, 9.17) is 16.3 Å². The SMILES string of the molecule is CCCCN(C(=O)COc1ccc(Cl)cc1)C(C)c1nc2ccccc2c(=O)n1C. The lowest BCUT2D eigenvalue weighted by Crippen LogP contribution is -2.40. The lowest BCUT2D eigenvalue weighted by atomic mass is 10.2. The van der Waals surface area contributed by atoms with Crippen LogP contribution in [-0.4, -0.2) is 33.5 Å². The van der Waals surface area contributed by atoms with E-state index in [0.717, 1.165) is 12.8 Å². The van der Waals surface area contributed by atoms with Crippen molar-refractivity contribution in [2.75, 3.05) is 13.2 Å². The number of halogens is 1. The van der Waals surface area contributed by atoms with Gasteiger partial charge in [0.25, 0.3) is 11.5 Å². The minimum Gasteiger partial charge on any atom is -0.484 e. The summed E-state index contributed by atoms with van der Waals surface area (Å²) in [5.74, 6) is 0.968. The van der Waals surface area contributed by atoms with Crippen molar-refractivity contribution in [2.24, 2.45) is 7.05 Å². The third-order valence-corrected chi connectivity index (χ3v) is 5.36. The van der Waals surface area contributed by atoms with E-state index < -0.39 is 0 Å². The van der Waals surface area contributed by atoms with Gasteiger partial charge in [-0.1, -0.05) is 37.1 Å². The summed E-state index contributed by atoms with van der Waals surface area (Å²) in [5, 5.41) is 1.17. The maximum absolute atomic E-state index is 13.0. The van der Waals surface area contributed by atoms with E-state index in [1.807, 2.05) is 25.1 Å². The molecule has 1 heterocycles. The Hall–Kier alpha value is -2.86. The van der Waals surface area contributed by atoms with Crippen LogP contribution in [0.2, 0.25) is 5.02 Å². The molecule has 0 aliphatic heterocycles. The van der Waals surface area contributed by atoms with Gasteiger partial charge in [0, 0.05) is 18.6 Å². The number of ether oxygens (including phenoxy) is 1. The van der Waals surface area contributed by atoms with Gasteiger partial charge >= 0.3 is 0 Å². The highest BCUT2D eigenvalue weighted by Crippen LogP contribution is 2.21. The van der Waals surface area contributed by atoms with Crippen molar-refractivity contribution in [2.45, 2.75) is 32.7 Å². The second-order valence-electron chi connectivity index (χ2n) is 7.21. The summed E-state index contributed by atoms with van der Waals surface area (Å²) in [4.78, 5) is 32.2. The van der Waals surface area contributed by atoms with Gasteiger partial charge in [-0.05, 0) is 49.7 Å². The number of carbonyl (C=O) groups excluding carboxylic acids is 1. The molecule has 0 fully saturated rings. The number of para-hydroxylation sites is 1. The Balaban J connectivity index is 1.86. The highest BCUT2D eigenvalue weighted by Gasteiger charge is 2.25. The number of rotatable bonds is 8. The molecule has 0 aliphatic carbocycles. The molecule has 0 saturated heterocycles. The van der Waals surface area contributed by atoms with Crippen LogP contribution in [0.15, 0.2) is 53.3 Å². The Bertz CT molecular complexity index is 1080. The van der Waals surface area contributed by atoms with Crippen molar-refractivity contribution < 1.29 is 9.53 Å².